The van der Waals surface area contributed by atoms with Crippen molar-refractivity contribution in [3.63, 3.8) is 0 Å². The van der Waals surface area contributed by atoms with Gasteiger partial charge in [0.15, 0.2) is 0 Å². The monoisotopic (exact) mass is 141 g/mol. The molecule has 1 unspecified atom stereocenters. The molecule has 0 saturated carbocycles. The van der Waals surface area contributed by atoms with Gasteiger partial charge < -0.3 is 0 Å². The molecule has 1 heteroatoms. The molecule has 1 heterocycles. The Bertz CT molecular complexity index is 104. The van der Waals surface area contributed by atoms with E-state index in [1.165, 1.54) is 0 Å². The van der Waals surface area contributed by atoms with Gasteiger partial charge in [-0.25, -0.2) is 0 Å². The van der Waals surface area contributed by atoms with E-state index in [4.69, 9.17) is 0 Å². The average Bonchev–Trinajstić information content (AvgIpc) is 2.40. The van der Waals surface area contributed by atoms with Crippen molar-refractivity contribution in [2.45, 2.75) is 52.7 Å². The molecule has 0 amide bonds. The molecule has 0 bridgehead atoms. The van der Waals surface area contributed by atoms with Crippen molar-refractivity contribution in [1.29, 1.82) is 0 Å². The standard InChI is InChI=1S/C9H19N/c1-6(2)9-8(5)10(9)7(3)4/h6-9H,1-5H3/t8-,9+,10?/m1/s1. The van der Waals surface area contributed by atoms with Crippen LogP contribution in [0.15, 0.2) is 0 Å². The van der Waals surface area contributed by atoms with Crippen LogP contribution in [0.1, 0.15) is 34.6 Å². The molecule has 0 spiro atoms. The molecule has 1 aliphatic rings. The highest BCUT2D eigenvalue weighted by Gasteiger charge is 2.46. The number of hydrogen-bond acceptors (Lipinski definition) is 1. The van der Waals surface area contributed by atoms with Crippen LogP contribution in [0.25, 0.3) is 0 Å². The quantitative estimate of drug-likeness (QED) is 0.532. The summed E-state index contributed by atoms with van der Waals surface area (Å²) in [7, 11) is 0. The summed E-state index contributed by atoms with van der Waals surface area (Å²) >= 11 is 0. The van der Waals surface area contributed by atoms with Crippen molar-refractivity contribution in [3.8, 4) is 0 Å². The van der Waals surface area contributed by atoms with Crippen LogP contribution in [0, 0.1) is 5.92 Å². The summed E-state index contributed by atoms with van der Waals surface area (Å²) in [6.07, 6.45) is 0. The molecule has 0 aromatic rings. The number of rotatable bonds is 2. The molecule has 1 rings (SSSR count). The van der Waals surface area contributed by atoms with Crippen LogP contribution in [0.3, 0.4) is 0 Å². The van der Waals surface area contributed by atoms with E-state index in [1.54, 1.807) is 0 Å². The predicted octanol–water partition coefficient (Wildman–Crippen LogP) is 2.12. The van der Waals surface area contributed by atoms with Crippen LogP contribution >= 0.6 is 0 Å². The Labute approximate surface area is 64.4 Å². The first kappa shape index (κ1) is 8.06. The summed E-state index contributed by atoms with van der Waals surface area (Å²) in [6, 6.07) is 2.43. The van der Waals surface area contributed by atoms with E-state index in [0.29, 0.717) is 0 Å². The van der Waals surface area contributed by atoms with Crippen LogP contribution in [0.5, 0.6) is 0 Å². The van der Waals surface area contributed by atoms with Crippen LogP contribution < -0.4 is 0 Å². The zero-order chi connectivity index (χ0) is 7.89. The summed E-state index contributed by atoms with van der Waals surface area (Å²) in [5, 5.41) is 0. The fraction of sp³-hybridized carbons (Fsp3) is 1.00. The van der Waals surface area contributed by atoms with E-state index >= 15 is 0 Å². The van der Waals surface area contributed by atoms with E-state index in [9.17, 15) is 0 Å². The van der Waals surface area contributed by atoms with Crippen molar-refractivity contribution in [2.75, 3.05) is 0 Å². The van der Waals surface area contributed by atoms with Crippen LogP contribution in [0.4, 0.5) is 0 Å². The largest absolute Gasteiger partial charge is 0.292 e. The SMILES string of the molecule is CC(C)[C@H]1[C@@H](C)N1C(C)C. The third-order valence-electron chi connectivity index (χ3n) is 2.50. The van der Waals surface area contributed by atoms with Crippen molar-refractivity contribution in [1.82, 2.24) is 4.90 Å². The molecular formula is C9H19N. The highest BCUT2D eigenvalue weighted by Crippen LogP contribution is 2.35. The molecule has 0 aromatic carbocycles. The van der Waals surface area contributed by atoms with Crippen molar-refractivity contribution >= 4 is 0 Å². The van der Waals surface area contributed by atoms with Gasteiger partial charge in [-0.1, -0.05) is 13.8 Å². The third kappa shape index (κ3) is 1.20. The average molecular weight is 141 g/mol. The lowest BCUT2D eigenvalue weighted by Crippen LogP contribution is -2.15. The fourth-order valence-corrected chi connectivity index (χ4v) is 2.11. The summed E-state index contributed by atoms with van der Waals surface area (Å²) in [5.74, 6) is 0.831. The number of hydrogen-bond donors (Lipinski definition) is 0. The topological polar surface area (TPSA) is 3.01 Å². The molecule has 0 aromatic heterocycles. The van der Waals surface area contributed by atoms with E-state index < -0.39 is 0 Å². The van der Waals surface area contributed by atoms with Gasteiger partial charge in [0.1, 0.15) is 0 Å². The summed E-state index contributed by atoms with van der Waals surface area (Å²) in [6.45, 7) is 11.5. The molecule has 1 aliphatic heterocycles. The van der Waals surface area contributed by atoms with Gasteiger partial charge in [-0.05, 0) is 26.7 Å². The maximum absolute atomic E-state index is 2.57. The Balaban J connectivity index is 2.41. The lowest BCUT2D eigenvalue weighted by molar-refractivity contribution is 0.372. The van der Waals surface area contributed by atoms with Gasteiger partial charge >= 0.3 is 0 Å². The van der Waals surface area contributed by atoms with Crippen LogP contribution in [-0.2, 0) is 0 Å². The Kier molecular flexibility index (Phi) is 2.04. The Morgan fingerprint density at radius 1 is 1.10 bits per heavy atom. The van der Waals surface area contributed by atoms with E-state index in [2.05, 4.69) is 39.5 Å². The van der Waals surface area contributed by atoms with Gasteiger partial charge in [0.2, 0.25) is 0 Å². The van der Waals surface area contributed by atoms with E-state index in [0.717, 1.165) is 24.0 Å². The van der Waals surface area contributed by atoms with Gasteiger partial charge in [-0.15, -0.1) is 0 Å². The highest BCUT2D eigenvalue weighted by atomic mass is 15.4. The molecule has 1 nitrogen and oxygen atoms in total. The lowest BCUT2D eigenvalue weighted by atomic mass is 10.1. The predicted molar refractivity (Wildman–Crippen MR) is 45.1 cm³/mol. The van der Waals surface area contributed by atoms with Crippen LogP contribution in [0.2, 0.25) is 0 Å². The molecular weight excluding hydrogens is 122 g/mol. The summed E-state index contributed by atoms with van der Waals surface area (Å²) in [5.41, 5.74) is 0. The van der Waals surface area contributed by atoms with Crippen molar-refractivity contribution in [3.05, 3.63) is 0 Å². The minimum Gasteiger partial charge on any atom is -0.292 e. The second kappa shape index (κ2) is 2.54. The Hall–Kier alpha value is -0.0400. The normalized spacial score (nSPS) is 39.3. The van der Waals surface area contributed by atoms with E-state index in [-0.39, 0.29) is 0 Å². The fourth-order valence-electron chi connectivity index (χ4n) is 2.11. The van der Waals surface area contributed by atoms with E-state index in [1.807, 2.05) is 0 Å². The molecule has 1 saturated heterocycles. The Morgan fingerprint density at radius 2 is 1.60 bits per heavy atom. The zero-order valence-corrected chi connectivity index (χ0v) is 7.76. The second-order valence-corrected chi connectivity index (χ2v) is 4.02. The zero-order valence-electron chi connectivity index (χ0n) is 7.76. The molecule has 0 radical (unpaired) electrons. The smallest absolute Gasteiger partial charge is 0.0278 e. The first-order valence-electron chi connectivity index (χ1n) is 4.33. The van der Waals surface area contributed by atoms with Crippen molar-refractivity contribution in [2.24, 2.45) is 5.92 Å². The molecule has 60 valence electrons. The first-order chi connectivity index (χ1) is 4.55. The molecule has 3 atom stereocenters. The summed E-state index contributed by atoms with van der Waals surface area (Å²) < 4.78 is 0. The maximum Gasteiger partial charge on any atom is 0.0278 e. The molecule has 1 fully saturated rings. The summed E-state index contributed by atoms with van der Waals surface area (Å²) in [4.78, 5) is 2.57. The van der Waals surface area contributed by atoms with Gasteiger partial charge in [0.25, 0.3) is 0 Å². The minimum absolute atomic E-state index is 0.738. The Morgan fingerprint density at radius 3 is 1.70 bits per heavy atom. The molecule has 10 heavy (non-hydrogen) atoms. The number of nitrogens with zero attached hydrogens (tertiary/aromatic N) is 1. The molecule has 0 aliphatic carbocycles. The maximum atomic E-state index is 2.57. The molecule has 0 N–H and O–H groups in total. The lowest BCUT2D eigenvalue weighted by Gasteiger charge is -2.08. The van der Waals surface area contributed by atoms with Gasteiger partial charge in [-0.3, -0.25) is 4.90 Å². The van der Waals surface area contributed by atoms with Gasteiger partial charge in [0, 0.05) is 18.1 Å². The van der Waals surface area contributed by atoms with Gasteiger partial charge in [0.05, 0.1) is 0 Å². The van der Waals surface area contributed by atoms with Crippen molar-refractivity contribution < 1.29 is 0 Å². The second-order valence-electron chi connectivity index (χ2n) is 4.02. The van der Waals surface area contributed by atoms with Gasteiger partial charge in [-0.2, -0.15) is 0 Å². The first-order valence-corrected chi connectivity index (χ1v) is 4.33. The minimum atomic E-state index is 0.738. The third-order valence-corrected chi connectivity index (χ3v) is 2.50. The van der Waals surface area contributed by atoms with Crippen LogP contribution in [-0.4, -0.2) is 23.0 Å². The highest BCUT2D eigenvalue weighted by molar-refractivity contribution is 5.02.